The Balaban J connectivity index is 1.70. The fourth-order valence-corrected chi connectivity index (χ4v) is 3.64. The number of amides is 1. The molecule has 3 heterocycles. The summed E-state index contributed by atoms with van der Waals surface area (Å²) in [6.07, 6.45) is -1.05. The van der Waals surface area contributed by atoms with E-state index in [1.54, 1.807) is 10.7 Å². The molecular weight excluding hydrogens is 321 g/mol. The van der Waals surface area contributed by atoms with Gasteiger partial charge in [0.05, 0.1) is 11.1 Å². The van der Waals surface area contributed by atoms with E-state index in [0.717, 1.165) is 37.2 Å². The van der Waals surface area contributed by atoms with Crippen LogP contribution in [0, 0.1) is 5.41 Å². The van der Waals surface area contributed by atoms with Gasteiger partial charge in [-0.15, -0.1) is 0 Å². The number of aryl methyl sites for hydroxylation is 1. The highest BCUT2D eigenvalue weighted by atomic mass is 19.4. The van der Waals surface area contributed by atoms with Crippen molar-refractivity contribution in [1.29, 1.82) is 0 Å². The summed E-state index contributed by atoms with van der Waals surface area (Å²) in [6, 6.07) is 4.27. The van der Waals surface area contributed by atoms with Gasteiger partial charge in [0, 0.05) is 29.9 Å². The molecule has 2 aromatic rings. The van der Waals surface area contributed by atoms with Gasteiger partial charge in [-0.3, -0.25) is 14.5 Å². The molecule has 2 aromatic heterocycles. The predicted octanol–water partition coefficient (Wildman–Crippen LogP) is 2.72. The number of aromatic nitrogens is 3. The van der Waals surface area contributed by atoms with Gasteiger partial charge in [-0.1, -0.05) is 0 Å². The Morgan fingerprint density at radius 1 is 1.33 bits per heavy atom. The van der Waals surface area contributed by atoms with Crippen molar-refractivity contribution in [2.24, 2.45) is 11.1 Å². The van der Waals surface area contributed by atoms with Crippen LogP contribution in [0.25, 0.3) is 11.3 Å². The van der Waals surface area contributed by atoms with Crippen LogP contribution in [0.2, 0.25) is 0 Å². The van der Waals surface area contributed by atoms with E-state index >= 15 is 0 Å². The lowest BCUT2D eigenvalue weighted by Crippen LogP contribution is -2.29. The molecule has 1 fully saturated rings. The molecule has 0 aromatic carbocycles. The lowest BCUT2D eigenvalue weighted by molar-refractivity contribution is -0.141. The highest BCUT2D eigenvalue weighted by molar-refractivity contribution is 5.85. The molecule has 1 aliphatic carbocycles. The molecule has 1 aliphatic heterocycles. The van der Waals surface area contributed by atoms with E-state index in [9.17, 15) is 18.0 Å². The minimum atomic E-state index is -4.49. The second kappa shape index (κ2) is 4.81. The molecule has 4 rings (SSSR count). The van der Waals surface area contributed by atoms with Crippen molar-refractivity contribution >= 4 is 5.91 Å². The highest BCUT2D eigenvalue weighted by Crippen LogP contribution is 2.59. The van der Waals surface area contributed by atoms with E-state index in [4.69, 9.17) is 5.73 Å². The average Bonchev–Trinajstić information content (AvgIpc) is 3.07. The van der Waals surface area contributed by atoms with E-state index in [2.05, 4.69) is 10.1 Å². The van der Waals surface area contributed by atoms with Gasteiger partial charge in [0.15, 0.2) is 0 Å². The van der Waals surface area contributed by atoms with Crippen molar-refractivity contribution in [3.8, 4) is 11.3 Å². The summed E-state index contributed by atoms with van der Waals surface area (Å²) in [5.74, 6) is -0.299. The Labute approximate surface area is 135 Å². The van der Waals surface area contributed by atoms with Crippen molar-refractivity contribution in [3.05, 3.63) is 35.8 Å². The molecule has 1 saturated carbocycles. The largest absolute Gasteiger partial charge is 0.433 e. The van der Waals surface area contributed by atoms with E-state index in [-0.39, 0.29) is 11.8 Å². The van der Waals surface area contributed by atoms with E-state index in [0.29, 0.717) is 17.8 Å². The number of hydrogen-bond donors (Lipinski definition) is 1. The van der Waals surface area contributed by atoms with Crippen LogP contribution in [0.3, 0.4) is 0 Å². The Hall–Kier alpha value is -2.38. The number of halogens is 3. The van der Waals surface area contributed by atoms with Crippen LogP contribution in [-0.2, 0) is 17.5 Å². The van der Waals surface area contributed by atoms with Gasteiger partial charge in [-0.05, 0) is 37.5 Å². The molecule has 2 aliphatic rings. The van der Waals surface area contributed by atoms with Crippen LogP contribution in [-0.4, -0.2) is 20.7 Å². The molecule has 126 valence electrons. The number of carbonyl (C=O) groups excluding carboxylic acids is 1. The number of primary amides is 1. The van der Waals surface area contributed by atoms with Crippen LogP contribution in [0.1, 0.15) is 36.6 Å². The van der Waals surface area contributed by atoms with Gasteiger partial charge in [0.1, 0.15) is 5.69 Å². The van der Waals surface area contributed by atoms with Crippen molar-refractivity contribution in [1.82, 2.24) is 14.8 Å². The molecule has 1 atom stereocenters. The van der Waals surface area contributed by atoms with Gasteiger partial charge in [0.25, 0.3) is 0 Å². The first-order chi connectivity index (χ1) is 11.3. The summed E-state index contributed by atoms with van der Waals surface area (Å²) in [4.78, 5) is 15.1. The fraction of sp³-hybridized carbons (Fsp3) is 0.438. The van der Waals surface area contributed by atoms with Crippen molar-refractivity contribution in [2.45, 2.75) is 37.9 Å². The normalized spacial score (nSPS) is 21.5. The number of nitrogens with two attached hydrogens (primary N) is 1. The first-order valence-electron chi connectivity index (χ1n) is 7.72. The second-order valence-electron chi connectivity index (χ2n) is 6.47. The maximum atomic E-state index is 12.8. The molecule has 24 heavy (non-hydrogen) atoms. The Bertz CT molecular complexity index is 823. The van der Waals surface area contributed by atoms with E-state index in [1.165, 1.54) is 6.07 Å². The van der Waals surface area contributed by atoms with E-state index in [1.807, 2.05) is 0 Å². The summed E-state index contributed by atoms with van der Waals surface area (Å²) in [5, 5.41) is 4.40. The van der Waals surface area contributed by atoms with Gasteiger partial charge in [-0.25, -0.2) is 0 Å². The van der Waals surface area contributed by atoms with Crippen LogP contribution in [0.15, 0.2) is 24.4 Å². The minimum absolute atomic E-state index is 0.000161. The topological polar surface area (TPSA) is 73.8 Å². The fourth-order valence-electron chi connectivity index (χ4n) is 3.64. The maximum absolute atomic E-state index is 12.8. The van der Waals surface area contributed by atoms with Crippen molar-refractivity contribution in [2.75, 3.05) is 0 Å². The van der Waals surface area contributed by atoms with Gasteiger partial charge in [0.2, 0.25) is 5.91 Å². The SMILES string of the molecule is NC(=O)C1([C@@H]2CCn3nc(-c4ccnc(C(F)(F)F)c4)cc32)CC1. The number of alkyl halides is 3. The van der Waals surface area contributed by atoms with Gasteiger partial charge in [-0.2, -0.15) is 18.3 Å². The summed E-state index contributed by atoms with van der Waals surface area (Å²) in [7, 11) is 0. The third kappa shape index (κ3) is 2.20. The molecule has 8 heteroatoms. The Kier molecular flexibility index (Phi) is 3.04. The molecule has 0 bridgehead atoms. The summed E-state index contributed by atoms with van der Waals surface area (Å²) >= 11 is 0. The molecule has 2 N–H and O–H groups in total. The summed E-state index contributed by atoms with van der Waals surface area (Å²) < 4.78 is 40.2. The first-order valence-corrected chi connectivity index (χ1v) is 7.72. The average molecular weight is 336 g/mol. The number of hydrogen-bond acceptors (Lipinski definition) is 3. The van der Waals surface area contributed by atoms with Crippen molar-refractivity contribution < 1.29 is 18.0 Å². The number of carbonyl (C=O) groups is 1. The lowest BCUT2D eigenvalue weighted by atomic mass is 9.84. The highest BCUT2D eigenvalue weighted by Gasteiger charge is 2.56. The predicted molar refractivity (Wildman–Crippen MR) is 78.7 cm³/mol. The van der Waals surface area contributed by atoms with Crippen LogP contribution >= 0.6 is 0 Å². The molecule has 0 spiro atoms. The maximum Gasteiger partial charge on any atom is 0.433 e. The molecule has 1 amide bonds. The summed E-state index contributed by atoms with van der Waals surface area (Å²) in [5.41, 5.74) is 5.82. The number of rotatable bonds is 3. The number of fused-ring (bicyclic) bond motifs is 1. The second-order valence-corrected chi connectivity index (χ2v) is 6.47. The summed E-state index contributed by atoms with van der Waals surface area (Å²) in [6.45, 7) is 0.645. The van der Waals surface area contributed by atoms with Crippen molar-refractivity contribution in [3.63, 3.8) is 0 Å². The Morgan fingerprint density at radius 3 is 2.71 bits per heavy atom. The molecule has 0 saturated heterocycles. The zero-order valence-electron chi connectivity index (χ0n) is 12.7. The molecule has 0 unspecified atom stereocenters. The van der Waals surface area contributed by atoms with Gasteiger partial charge < -0.3 is 5.73 Å². The number of nitrogens with zero attached hydrogens (tertiary/aromatic N) is 3. The van der Waals surface area contributed by atoms with Crippen LogP contribution in [0.4, 0.5) is 13.2 Å². The molecule has 0 radical (unpaired) electrons. The van der Waals surface area contributed by atoms with Crippen LogP contribution < -0.4 is 5.73 Å². The molecular formula is C16H15F3N4O. The third-order valence-corrected chi connectivity index (χ3v) is 5.09. The Morgan fingerprint density at radius 2 is 2.08 bits per heavy atom. The molecule has 5 nitrogen and oxygen atoms in total. The number of pyridine rings is 1. The standard InChI is InChI=1S/C16H15F3N4O/c17-16(18,19)13-7-9(1-5-21-13)11-8-12-10(2-6-23(12)22-11)15(3-4-15)14(20)24/h1,5,7-8,10H,2-4,6H2,(H2,20,24)/t10-/m1/s1. The smallest absolute Gasteiger partial charge is 0.369 e. The van der Waals surface area contributed by atoms with E-state index < -0.39 is 17.3 Å². The first kappa shape index (κ1) is 15.2. The quantitative estimate of drug-likeness (QED) is 0.936. The van der Waals surface area contributed by atoms with Gasteiger partial charge >= 0.3 is 6.18 Å². The van der Waals surface area contributed by atoms with Crippen LogP contribution in [0.5, 0.6) is 0 Å². The lowest BCUT2D eigenvalue weighted by Gasteiger charge is -2.18. The zero-order chi connectivity index (χ0) is 17.1. The minimum Gasteiger partial charge on any atom is -0.369 e. The third-order valence-electron chi connectivity index (χ3n) is 5.09. The monoisotopic (exact) mass is 336 g/mol. The zero-order valence-corrected chi connectivity index (χ0v) is 12.7.